The normalized spacial score (nSPS) is 10.4. The van der Waals surface area contributed by atoms with Gasteiger partial charge in [-0.15, -0.1) is 0 Å². The average Bonchev–Trinajstić information content (AvgIpc) is 2.58. The topological polar surface area (TPSA) is 115 Å². The molecule has 0 rings (SSSR count). The molecule has 0 fully saturated rings. The Morgan fingerprint density at radius 3 is 1.48 bits per heavy atom. The van der Waals surface area contributed by atoms with Gasteiger partial charge in [-0.05, 0) is 6.42 Å². The van der Waals surface area contributed by atoms with Gasteiger partial charge < -0.3 is 20.4 Å². The molecular formula is C19H38O6. The van der Waals surface area contributed by atoms with E-state index in [0.717, 1.165) is 12.8 Å². The molecule has 150 valence electrons. The summed E-state index contributed by atoms with van der Waals surface area (Å²) in [6.45, 7) is 1.51. The van der Waals surface area contributed by atoms with Crippen LogP contribution in [0.3, 0.4) is 0 Å². The number of carboxylic acids is 1. The summed E-state index contributed by atoms with van der Waals surface area (Å²) in [6, 6.07) is 0. The monoisotopic (exact) mass is 362 g/mol. The number of unbranched alkanes of at least 4 members (excludes halogenated alkanes) is 10. The first-order valence-electron chi connectivity index (χ1n) is 9.61. The highest BCUT2D eigenvalue weighted by atomic mass is 16.4. The van der Waals surface area contributed by atoms with Crippen LogP contribution in [0.4, 0.5) is 0 Å². The van der Waals surface area contributed by atoms with Crippen LogP contribution in [0.5, 0.6) is 0 Å². The van der Waals surface area contributed by atoms with Crippen LogP contribution >= 0.6 is 0 Å². The lowest BCUT2D eigenvalue weighted by molar-refractivity contribution is -0.140. The van der Waals surface area contributed by atoms with E-state index in [1.54, 1.807) is 0 Å². The Balaban J connectivity index is 0. The Morgan fingerprint density at radius 2 is 1.16 bits per heavy atom. The number of aliphatic hydroxyl groups is 3. The maximum Gasteiger partial charge on any atom is 0.310 e. The highest BCUT2D eigenvalue weighted by Crippen LogP contribution is 2.12. The van der Waals surface area contributed by atoms with E-state index in [9.17, 15) is 9.59 Å². The minimum Gasteiger partial charge on any atom is -0.481 e. The van der Waals surface area contributed by atoms with Crippen molar-refractivity contribution < 1.29 is 30.0 Å². The smallest absolute Gasteiger partial charge is 0.310 e. The summed E-state index contributed by atoms with van der Waals surface area (Å²) >= 11 is 0. The minimum absolute atomic E-state index is 0.136. The second-order valence-corrected chi connectivity index (χ2v) is 6.41. The van der Waals surface area contributed by atoms with Crippen LogP contribution in [0.25, 0.3) is 0 Å². The van der Waals surface area contributed by atoms with Gasteiger partial charge in [0, 0.05) is 6.42 Å². The van der Waals surface area contributed by atoms with E-state index >= 15 is 0 Å². The first kappa shape index (κ1) is 26.3. The predicted octanol–water partition coefficient (Wildman–Crippen LogP) is 3.06. The van der Waals surface area contributed by atoms with Gasteiger partial charge in [-0.2, -0.15) is 0 Å². The van der Waals surface area contributed by atoms with E-state index in [1.165, 1.54) is 57.8 Å². The molecule has 0 unspecified atom stereocenters. The molecule has 0 atom stereocenters. The van der Waals surface area contributed by atoms with Crippen molar-refractivity contribution >= 4 is 11.8 Å². The molecule has 0 saturated carbocycles. The number of carboxylic acid groups (broad SMARTS) is 1. The lowest BCUT2D eigenvalue weighted by Gasteiger charge is -2.02. The minimum atomic E-state index is -1.01. The maximum absolute atomic E-state index is 11.1. The van der Waals surface area contributed by atoms with Crippen molar-refractivity contribution in [3.05, 3.63) is 0 Å². The van der Waals surface area contributed by atoms with Gasteiger partial charge in [-0.1, -0.05) is 71.1 Å². The van der Waals surface area contributed by atoms with Crippen LogP contribution in [0.15, 0.2) is 0 Å². The molecule has 0 aromatic rings. The molecule has 0 radical (unpaired) electrons. The Labute approximate surface area is 152 Å². The second kappa shape index (κ2) is 21.1. The van der Waals surface area contributed by atoms with Crippen LogP contribution in [0.1, 0.15) is 90.4 Å². The van der Waals surface area contributed by atoms with Crippen molar-refractivity contribution in [3.63, 3.8) is 0 Å². The third kappa shape index (κ3) is 25.4. The summed E-state index contributed by atoms with van der Waals surface area (Å²) in [4.78, 5) is 21.4. The molecule has 0 aromatic carbocycles. The van der Waals surface area contributed by atoms with Crippen molar-refractivity contribution in [1.29, 1.82) is 0 Å². The van der Waals surface area contributed by atoms with E-state index in [1.807, 2.05) is 0 Å². The van der Waals surface area contributed by atoms with Gasteiger partial charge in [0.15, 0.2) is 0 Å². The van der Waals surface area contributed by atoms with Gasteiger partial charge in [0.25, 0.3) is 0 Å². The third-order valence-electron chi connectivity index (χ3n) is 3.83. The zero-order valence-corrected chi connectivity index (χ0v) is 15.8. The van der Waals surface area contributed by atoms with Crippen molar-refractivity contribution in [2.24, 2.45) is 0 Å². The van der Waals surface area contributed by atoms with Gasteiger partial charge in [-0.3, -0.25) is 9.59 Å². The zero-order chi connectivity index (χ0) is 19.3. The van der Waals surface area contributed by atoms with Crippen LogP contribution in [0, 0.1) is 0 Å². The number of carbonyl (C=O) groups is 2. The Morgan fingerprint density at radius 1 is 0.760 bits per heavy atom. The number of rotatable bonds is 16. The molecule has 6 heteroatoms. The maximum atomic E-state index is 11.1. The quantitative estimate of drug-likeness (QED) is 0.248. The summed E-state index contributed by atoms with van der Waals surface area (Å²) in [5.41, 5.74) is 0. The van der Waals surface area contributed by atoms with Gasteiger partial charge in [0.2, 0.25) is 0 Å². The number of aliphatic hydroxyl groups excluding tert-OH is 3. The molecule has 0 amide bonds. The molecule has 0 heterocycles. The Hall–Kier alpha value is -0.980. The van der Waals surface area contributed by atoms with Gasteiger partial charge in [-0.25, -0.2) is 0 Å². The Kier molecular flexibility index (Phi) is 22.1. The number of carbonyl (C=O) groups excluding carboxylic acids is 1. The number of hydrogen-bond acceptors (Lipinski definition) is 5. The number of ketones is 1. The standard InChI is InChI=1S/C16H30O3.C3H8O3/c1-2-3-4-5-6-7-8-9-10-11-12-13-15(17)14-16(18)19;4-1-3(6)2-5/h2-14H2,1H3,(H,18,19);3-6H,1-2H2. The molecule has 0 saturated heterocycles. The molecule has 0 aliphatic carbocycles. The predicted molar refractivity (Wildman–Crippen MR) is 98.5 cm³/mol. The van der Waals surface area contributed by atoms with E-state index in [-0.39, 0.29) is 25.4 Å². The molecule has 6 nitrogen and oxygen atoms in total. The summed E-state index contributed by atoms with van der Waals surface area (Å²) in [5, 5.41) is 32.5. The molecular weight excluding hydrogens is 324 g/mol. The average molecular weight is 363 g/mol. The van der Waals surface area contributed by atoms with Crippen molar-refractivity contribution in [2.45, 2.75) is 96.5 Å². The molecule has 0 aromatic heterocycles. The fourth-order valence-electron chi connectivity index (χ4n) is 2.30. The fraction of sp³-hybridized carbons (Fsp3) is 0.895. The lowest BCUT2D eigenvalue weighted by atomic mass is 10.0. The highest BCUT2D eigenvalue weighted by Gasteiger charge is 2.06. The zero-order valence-electron chi connectivity index (χ0n) is 15.8. The van der Waals surface area contributed by atoms with Crippen LogP contribution < -0.4 is 0 Å². The lowest BCUT2D eigenvalue weighted by Crippen LogP contribution is -2.15. The number of Topliss-reactive ketones (excluding diaryl/α,β-unsaturated/α-hetero) is 1. The molecule has 4 N–H and O–H groups in total. The first-order chi connectivity index (χ1) is 12.0. The first-order valence-corrected chi connectivity index (χ1v) is 9.61. The summed E-state index contributed by atoms with van der Waals surface area (Å²) in [7, 11) is 0. The molecule has 0 spiro atoms. The summed E-state index contributed by atoms with van der Waals surface area (Å²) in [6.07, 6.45) is 12.9. The fourth-order valence-corrected chi connectivity index (χ4v) is 2.30. The van der Waals surface area contributed by atoms with Gasteiger partial charge >= 0.3 is 5.97 Å². The van der Waals surface area contributed by atoms with E-state index in [2.05, 4.69) is 6.92 Å². The van der Waals surface area contributed by atoms with Crippen LogP contribution in [-0.2, 0) is 9.59 Å². The van der Waals surface area contributed by atoms with E-state index in [4.69, 9.17) is 20.4 Å². The van der Waals surface area contributed by atoms with E-state index in [0.29, 0.717) is 6.42 Å². The summed E-state index contributed by atoms with van der Waals surface area (Å²) < 4.78 is 0. The third-order valence-corrected chi connectivity index (χ3v) is 3.83. The Bertz CT molecular complexity index is 302. The van der Waals surface area contributed by atoms with Crippen LogP contribution in [0.2, 0.25) is 0 Å². The van der Waals surface area contributed by atoms with E-state index < -0.39 is 12.1 Å². The van der Waals surface area contributed by atoms with Gasteiger partial charge in [0.05, 0.1) is 13.2 Å². The molecule has 0 aliphatic heterocycles. The SMILES string of the molecule is CCCCCCCCCCCCCC(=O)CC(=O)O.OCC(O)CO. The van der Waals surface area contributed by atoms with Crippen molar-refractivity contribution in [3.8, 4) is 0 Å². The van der Waals surface area contributed by atoms with Crippen molar-refractivity contribution in [1.82, 2.24) is 0 Å². The largest absolute Gasteiger partial charge is 0.481 e. The molecule has 25 heavy (non-hydrogen) atoms. The van der Waals surface area contributed by atoms with Crippen LogP contribution in [-0.4, -0.2) is 51.5 Å². The highest BCUT2D eigenvalue weighted by molar-refractivity contribution is 5.94. The second-order valence-electron chi connectivity index (χ2n) is 6.41. The number of hydrogen-bond donors (Lipinski definition) is 4. The summed E-state index contributed by atoms with van der Waals surface area (Å²) in [5.74, 6) is -1.14. The molecule has 0 aliphatic rings. The van der Waals surface area contributed by atoms with Gasteiger partial charge in [0.1, 0.15) is 18.3 Å². The molecule has 0 bridgehead atoms. The van der Waals surface area contributed by atoms with Crippen molar-refractivity contribution in [2.75, 3.05) is 13.2 Å². The number of aliphatic carboxylic acids is 1.